The number of carbonyl (C=O) groups is 1. The molecule has 0 atom stereocenters. The van der Waals surface area contributed by atoms with E-state index < -0.39 is 6.09 Å². The molecular weight excluding hydrogens is 202 g/mol. The zero-order chi connectivity index (χ0) is 11.2. The Morgan fingerprint density at radius 2 is 1.81 bits per heavy atom. The van der Waals surface area contributed by atoms with E-state index in [1.807, 2.05) is 18.2 Å². The molecule has 1 radical (unpaired) electrons. The summed E-state index contributed by atoms with van der Waals surface area (Å²) in [6.07, 6.45) is -0.520. The molecule has 0 fully saturated rings. The molecular formula is C13H10NO2. The molecule has 1 amide bonds. The third-order valence-corrected chi connectivity index (χ3v) is 1.90. The maximum Gasteiger partial charge on any atom is 0.417 e. The second-order valence-corrected chi connectivity index (χ2v) is 3.10. The van der Waals surface area contributed by atoms with Crippen LogP contribution >= 0.6 is 0 Å². The van der Waals surface area contributed by atoms with Gasteiger partial charge in [0, 0.05) is 6.07 Å². The Hall–Kier alpha value is -2.29. The summed E-state index contributed by atoms with van der Waals surface area (Å²) in [5, 5.41) is 2.57. The first-order valence-electron chi connectivity index (χ1n) is 4.85. The lowest BCUT2D eigenvalue weighted by Gasteiger charge is -2.05. The molecule has 0 aliphatic carbocycles. The lowest BCUT2D eigenvalue weighted by atomic mass is 10.3. The molecule has 1 N–H and O–H groups in total. The van der Waals surface area contributed by atoms with Crippen LogP contribution in [-0.4, -0.2) is 6.09 Å². The summed E-state index contributed by atoms with van der Waals surface area (Å²) in [5.41, 5.74) is 0.587. The van der Waals surface area contributed by atoms with Crippen molar-refractivity contribution >= 4 is 11.8 Å². The average Bonchev–Trinajstić information content (AvgIpc) is 2.31. The van der Waals surface area contributed by atoms with Crippen LogP contribution in [0.25, 0.3) is 0 Å². The van der Waals surface area contributed by atoms with Gasteiger partial charge in [-0.1, -0.05) is 36.4 Å². The first-order valence-corrected chi connectivity index (χ1v) is 4.85. The number of para-hydroxylation sites is 2. The molecule has 2 aromatic rings. The number of rotatable bonds is 2. The van der Waals surface area contributed by atoms with Gasteiger partial charge in [0.1, 0.15) is 5.75 Å². The highest BCUT2D eigenvalue weighted by Gasteiger charge is 2.03. The van der Waals surface area contributed by atoms with Gasteiger partial charge in [0.15, 0.2) is 0 Å². The largest absolute Gasteiger partial charge is 0.417 e. The predicted octanol–water partition coefficient (Wildman–Crippen LogP) is 3.10. The Balaban J connectivity index is 1.95. The van der Waals surface area contributed by atoms with Crippen molar-refractivity contribution in [2.45, 2.75) is 0 Å². The zero-order valence-electron chi connectivity index (χ0n) is 8.51. The fraction of sp³-hybridized carbons (Fsp3) is 0. The molecule has 0 unspecified atom stereocenters. The van der Waals surface area contributed by atoms with Gasteiger partial charge in [0.25, 0.3) is 0 Å². The maximum atomic E-state index is 11.4. The predicted molar refractivity (Wildman–Crippen MR) is 61.4 cm³/mol. The molecule has 0 spiro atoms. The fourth-order valence-electron chi connectivity index (χ4n) is 1.20. The van der Waals surface area contributed by atoms with Crippen LogP contribution in [0, 0.1) is 6.07 Å². The summed E-state index contributed by atoms with van der Waals surface area (Å²) in [6.45, 7) is 0. The smallest absolute Gasteiger partial charge is 0.410 e. The first kappa shape index (κ1) is 10.2. The molecule has 0 heterocycles. The van der Waals surface area contributed by atoms with Crippen molar-refractivity contribution < 1.29 is 9.53 Å². The van der Waals surface area contributed by atoms with Crippen LogP contribution in [0.5, 0.6) is 5.75 Å². The molecule has 0 aromatic heterocycles. The number of anilines is 1. The topological polar surface area (TPSA) is 38.3 Å². The van der Waals surface area contributed by atoms with Crippen molar-refractivity contribution in [1.29, 1.82) is 0 Å². The summed E-state index contributed by atoms with van der Waals surface area (Å²) < 4.78 is 5.05. The lowest BCUT2D eigenvalue weighted by molar-refractivity contribution is 0.215. The van der Waals surface area contributed by atoms with Crippen LogP contribution in [0.3, 0.4) is 0 Å². The van der Waals surface area contributed by atoms with Crippen molar-refractivity contribution in [3.63, 3.8) is 0 Å². The molecule has 16 heavy (non-hydrogen) atoms. The van der Waals surface area contributed by atoms with Gasteiger partial charge < -0.3 is 4.74 Å². The van der Waals surface area contributed by atoms with E-state index in [9.17, 15) is 4.79 Å². The van der Waals surface area contributed by atoms with Gasteiger partial charge in [-0.05, 0) is 18.2 Å². The van der Waals surface area contributed by atoms with E-state index in [0.29, 0.717) is 11.4 Å². The van der Waals surface area contributed by atoms with E-state index >= 15 is 0 Å². The highest BCUT2D eigenvalue weighted by atomic mass is 16.6. The number of nitrogens with one attached hydrogen (secondary N) is 1. The second-order valence-electron chi connectivity index (χ2n) is 3.10. The van der Waals surface area contributed by atoms with E-state index in [0.717, 1.165) is 0 Å². The summed E-state index contributed by atoms with van der Waals surface area (Å²) in [5.74, 6) is 0.510. The number of benzene rings is 2. The third-order valence-electron chi connectivity index (χ3n) is 1.90. The minimum atomic E-state index is -0.520. The SMILES string of the molecule is O=C(Nc1[c]cccc1)Oc1ccccc1. The van der Waals surface area contributed by atoms with Crippen molar-refractivity contribution in [2.24, 2.45) is 0 Å². The maximum absolute atomic E-state index is 11.4. The van der Waals surface area contributed by atoms with Gasteiger partial charge in [-0.2, -0.15) is 0 Å². The monoisotopic (exact) mass is 212 g/mol. The summed E-state index contributed by atoms with van der Waals surface area (Å²) in [6, 6.07) is 18.9. The highest BCUT2D eigenvalue weighted by molar-refractivity contribution is 5.85. The average molecular weight is 212 g/mol. The second kappa shape index (κ2) is 4.98. The molecule has 0 aliphatic rings. The zero-order valence-corrected chi connectivity index (χ0v) is 8.51. The third kappa shape index (κ3) is 2.85. The van der Waals surface area contributed by atoms with E-state index in [1.54, 1.807) is 36.4 Å². The summed E-state index contributed by atoms with van der Waals surface area (Å²) in [7, 11) is 0. The fourth-order valence-corrected chi connectivity index (χ4v) is 1.20. The minimum absolute atomic E-state index is 0.510. The van der Waals surface area contributed by atoms with Crippen LogP contribution in [0.2, 0.25) is 0 Å². The molecule has 3 heteroatoms. The van der Waals surface area contributed by atoms with E-state index in [4.69, 9.17) is 4.74 Å². The number of amides is 1. The van der Waals surface area contributed by atoms with Gasteiger partial charge >= 0.3 is 6.09 Å². The van der Waals surface area contributed by atoms with Crippen molar-refractivity contribution in [1.82, 2.24) is 0 Å². The molecule has 2 aromatic carbocycles. The Kier molecular flexibility index (Phi) is 3.18. The standard InChI is InChI=1S/C13H10NO2/c15-13(14-11-7-3-1-4-8-11)16-12-9-5-2-6-10-12/h1-7,9-10H,(H,14,15). The molecule has 0 saturated carbocycles. The minimum Gasteiger partial charge on any atom is -0.410 e. The number of hydrogen-bond donors (Lipinski definition) is 1. The van der Waals surface area contributed by atoms with Crippen LogP contribution in [0.4, 0.5) is 10.5 Å². The van der Waals surface area contributed by atoms with Crippen molar-refractivity contribution in [2.75, 3.05) is 5.32 Å². The number of ether oxygens (including phenoxy) is 1. The normalized spacial score (nSPS) is 9.50. The Morgan fingerprint density at radius 1 is 1.06 bits per heavy atom. The quantitative estimate of drug-likeness (QED) is 0.830. The van der Waals surface area contributed by atoms with Crippen LogP contribution in [0.1, 0.15) is 0 Å². The summed E-state index contributed by atoms with van der Waals surface area (Å²) in [4.78, 5) is 11.4. The van der Waals surface area contributed by atoms with E-state index in [2.05, 4.69) is 11.4 Å². The van der Waals surface area contributed by atoms with E-state index in [1.165, 1.54) is 0 Å². The van der Waals surface area contributed by atoms with Crippen LogP contribution in [-0.2, 0) is 0 Å². The molecule has 79 valence electrons. The number of hydrogen-bond acceptors (Lipinski definition) is 2. The molecule has 3 nitrogen and oxygen atoms in total. The number of carbonyl (C=O) groups excluding carboxylic acids is 1. The van der Waals surface area contributed by atoms with E-state index in [-0.39, 0.29) is 0 Å². The van der Waals surface area contributed by atoms with Crippen molar-refractivity contribution in [3.8, 4) is 5.75 Å². The molecule has 0 bridgehead atoms. The van der Waals surface area contributed by atoms with Gasteiger partial charge in [-0.15, -0.1) is 0 Å². The van der Waals surface area contributed by atoms with Gasteiger partial charge in [-0.25, -0.2) is 4.79 Å². The van der Waals surface area contributed by atoms with Gasteiger partial charge in [0.05, 0.1) is 5.69 Å². The lowest BCUT2D eigenvalue weighted by Crippen LogP contribution is -2.16. The van der Waals surface area contributed by atoms with Gasteiger partial charge in [0.2, 0.25) is 0 Å². The molecule has 2 rings (SSSR count). The Bertz CT molecular complexity index is 410. The molecule has 0 aliphatic heterocycles. The Morgan fingerprint density at radius 3 is 2.50 bits per heavy atom. The Labute approximate surface area is 93.7 Å². The highest BCUT2D eigenvalue weighted by Crippen LogP contribution is 2.10. The van der Waals surface area contributed by atoms with Crippen LogP contribution < -0.4 is 10.1 Å². The van der Waals surface area contributed by atoms with Crippen LogP contribution in [0.15, 0.2) is 54.6 Å². The summed E-state index contributed by atoms with van der Waals surface area (Å²) >= 11 is 0. The van der Waals surface area contributed by atoms with Gasteiger partial charge in [-0.3, -0.25) is 5.32 Å². The molecule has 0 saturated heterocycles. The first-order chi connectivity index (χ1) is 7.84. The van der Waals surface area contributed by atoms with Crippen molar-refractivity contribution in [3.05, 3.63) is 60.7 Å².